The van der Waals surface area contributed by atoms with E-state index in [0.717, 1.165) is 41.7 Å². The highest BCUT2D eigenvalue weighted by molar-refractivity contribution is 7.17. The number of rotatable bonds is 6. The van der Waals surface area contributed by atoms with Crippen LogP contribution in [0.1, 0.15) is 62.0 Å². The third-order valence-electron chi connectivity index (χ3n) is 6.09. The first-order chi connectivity index (χ1) is 18.3. The Morgan fingerprint density at radius 2 is 1.63 bits per heavy atom. The smallest absolute Gasteiger partial charge is 0.343 e. The Bertz CT molecular complexity index is 1420. The van der Waals surface area contributed by atoms with E-state index in [9.17, 15) is 19.2 Å². The number of esters is 2. The van der Waals surface area contributed by atoms with Crippen LogP contribution in [0.5, 0.6) is 5.75 Å². The lowest BCUT2D eigenvalue weighted by Gasteiger charge is -2.11. The first-order valence-electron chi connectivity index (χ1n) is 12.0. The summed E-state index contributed by atoms with van der Waals surface area (Å²) >= 11 is 1.28. The summed E-state index contributed by atoms with van der Waals surface area (Å²) in [4.78, 5) is 51.1. The van der Waals surface area contributed by atoms with Crippen molar-refractivity contribution in [1.82, 2.24) is 5.43 Å². The second-order valence-corrected chi connectivity index (χ2v) is 9.86. The lowest BCUT2D eigenvalue weighted by Crippen LogP contribution is -2.33. The lowest BCUT2D eigenvalue weighted by atomic mass is 9.95. The molecule has 4 rings (SSSR count). The van der Waals surface area contributed by atoms with Crippen LogP contribution in [0, 0.1) is 6.92 Å². The van der Waals surface area contributed by atoms with E-state index in [1.54, 1.807) is 43.3 Å². The van der Waals surface area contributed by atoms with E-state index in [1.165, 1.54) is 18.4 Å². The molecule has 2 N–H and O–H groups in total. The summed E-state index contributed by atoms with van der Waals surface area (Å²) in [6.45, 7) is 3.53. The molecule has 0 radical (unpaired) electrons. The molecule has 1 aliphatic rings. The van der Waals surface area contributed by atoms with Gasteiger partial charge >= 0.3 is 23.8 Å². The average Bonchev–Trinajstić information content (AvgIpc) is 3.29. The van der Waals surface area contributed by atoms with Crippen LogP contribution in [-0.2, 0) is 27.2 Å². The van der Waals surface area contributed by atoms with Gasteiger partial charge in [-0.2, -0.15) is 5.10 Å². The van der Waals surface area contributed by atoms with Crippen LogP contribution in [-0.4, -0.2) is 36.6 Å². The van der Waals surface area contributed by atoms with Gasteiger partial charge in [0.15, 0.2) is 0 Å². The molecule has 38 heavy (non-hydrogen) atoms. The van der Waals surface area contributed by atoms with E-state index in [1.807, 2.05) is 19.1 Å². The topological polar surface area (TPSA) is 123 Å². The van der Waals surface area contributed by atoms with E-state index in [4.69, 9.17) is 9.47 Å². The molecule has 2 aromatic carbocycles. The molecule has 1 aliphatic carbocycles. The van der Waals surface area contributed by atoms with Crippen molar-refractivity contribution >= 4 is 45.8 Å². The molecule has 0 atom stereocenters. The fourth-order valence-electron chi connectivity index (χ4n) is 4.08. The molecule has 1 heterocycles. The van der Waals surface area contributed by atoms with Crippen molar-refractivity contribution in [1.29, 1.82) is 0 Å². The summed E-state index contributed by atoms with van der Waals surface area (Å²) in [5.41, 5.74) is 5.60. The number of hydrogen-bond donors (Lipinski definition) is 2. The predicted octanol–water partition coefficient (Wildman–Crippen LogP) is 4.42. The van der Waals surface area contributed by atoms with Gasteiger partial charge in [0.1, 0.15) is 10.8 Å². The summed E-state index contributed by atoms with van der Waals surface area (Å²) in [5, 5.41) is 6.85. The van der Waals surface area contributed by atoms with Crippen molar-refractivity contribution in [2.24, 2.45) is 5.10 Å². The fourth-order valence-corrected chi connectivity index (χ4v) is 5.35. The zero-order valence-electron chi connectivity index (χ0n) is 21.3. The summed E-state index contributed by atoms with van der Waals surface area (Å²) < 4.78 is 10.5. The Labute approximate surface area is 223 Å². The molecule has 10 heteroatoms. The number of hydrogen-bond acceptors (Lipinski definition) is 8. The van der Waals surface area contributed by atoms with E-state index < -0.39 is 23.8 Å². The SMILES string of the molecule is COC(=O)c1c(NC(=O)C(=O)N/N=C(\C)c2ccccc2OC(=O)c2ccc(C)cc2)sc2c1CCCC2. The monoisotopic (exact) mass is 533 g/mol. The number of benzene rings is 2. The number of ether oxygens (including phenoxy) is 2. The molecule has 3 aromatic rings. The van der Waals surface area contributed by atoms with Gasteiger partial charge in [0.2, 0.25) is 0 Å². The molecule has 1 aromatic heterocycles. The van der Waals surface area contributed by atoms with Gasteiger partial charge < -0.3 is 14.8 Å². The minimum atomic E-state index is -1.01. The standard InChI is InChI=1S/C28H27N3O6S/c1-16-12-14-18(15-13-16)27(34)37-21-10-6-4-8-19(21)17(2)30-31-25(33)24(32)29-26-23(28(35)36-3)20-9-5-7-11-22(20)38-26/h4,6,8,10,12-15H,5,7,9,11H2,1-3H3,(H,29,32)(H,31,33)/b30-17+. The van der Waals surface area contributed by atoms with Crippen molar-refractivity contribution < 1.29 is 28.7 Å². The number of nitrogens with one attached hydrogen (secondary N) is 2. The van der Waals surface area contributed by atoms with Crippen molar-refractivity contribution in [3.8, 4) is 5.75 Å². The first-order valence-corrected chi connectivity index (χ1v) is 12.9. The molecule has 0 bridgehead atoms. The highest BCUT2D eigenvalue weighted by Gasteiger charge is 2.28. The van der Waals surface area contributed by atoms with Gasteiger partial charge in [-0.05, 0) is 69.4 Å². The first kappa shape index (κ1) is 26.7. The number of thiophene rings is 1. The number of methoxy groups -OCH3 is 1. The van der Waals surface area contributed by atoms with Gasteiger partial charge in [0.05, 0.1) is 23.9 Å². The number of aryl methyl sites for hydroxylation is 2. The number of carbonyl (C=O) groups excluding carboxylic acids is 4. The van der Waals surface area contributed by atoms with Gasteiger partial charge in [-0.15, -0.1) is 11.3 Å². The quantitative estimate of drug-likeness (QED) is 0.159. The minimum Gasteiger partial charge on any atom is -0.465 e. The highest BCUT2D eigenvalue weighted by atomic mass is 32.1. The molecule has 0 saturated heterocycles. The third kappa shape index (κ3) is 5.97. The van der Waals surface area contributed by atoms with Crippen molar-refractivity contribution in [2.45, 2.75) is 39.5 Å². The van der Waals surface area contributed by atoms with Crippen LogP contribution in [0.4, 0.5) is 5.00 Å². The summed E-state index contributed by atoms with van der Waals surface area (Å²) in [6, 6.07) is 13.7. The second kappa shape index (κ2) is 11.8. The number of nitrogens with zero attached hydrogens (tertiary/aromatic N) is 1. The molecule has 9 nitrogen and oxygen atoms in total. The number of amides is 2. The Morgan fingerprint density at radius 3 is 2.37 bits per heavy atom. The molecule has 2 amide bonds. The van der Waals surface area contributed by atoms with Crippen molar-refractivity contribution in [2.75, 3.05) is 12.4 Å². The van der Waals surface area contributed by atoms with Gasteiger partial charge in [0.25, 0.3) is 0 Å². The van der Waals surface area contributed by atoms with Crippen LogP contribution in [0.2, 0.25) is 0 Å². The van der Waals surface area contributed by atoms with E-state index >= 15 is 0 Å². The average molecular weight is 534 g/mol. The maximum atomic E-state index is 12.6. The van der Waals surface area contributed by atoms with Crippen LogP contribution < -0.4 is 15.5 Å². The Hall–Kier alpha value is -4.31. The fraction of sp³-hybridized carbons (Fsp3) is 0.250. The molecule has 0 spiro atoms. The highest BCUT2D eigenvalue weighted by Crippen LogP contribution is 2.38. The van der Waals surface area contributed by atoms with Crippen LogP contribution in [0.15, 0.2) is 53.6 Å². The predicted molar refractivity (Wildman–Crippen MR) is 144 cm³/mol. The Kier molecular flexibility index (Phi) is 8.32. The molecule has 0 aliphatic heterocycles. The third-order valence-corrected chi connectivity index (χ3v) is 7.29. The van der Waals surface area contributed by atoms with Gasteiger partial charge in [0, 0.05) is 10.4 Å². The molecule has 0 saturated carbocycles. The van der Waals surface area contributed by atoms with Crippen molar-refractivity contribution in [3.63, 3.8) is 0 Å². The molecular formula is C28H27N3O6S. The maximum Gasteiger partial charge on any atom is 0.343 e. The van der Waals surface area contributed by atoms with Gasteiger partial charge in [-0.3, -0.25) is 9.59 Å². The second-order valence-electron chi connectivity index (χ2n) is 8.75. The summed E-state index contributed by atoms with van der Waals surface area (Å²) in [7, 11) is 1.28. The zero-order chi connectivity index (χ0) is 27.2. The summed E-state index contributed by atoms with van der Waals surface area (Å²) in [5.74, 6) is -2.81. The van der Waals surface area contributed by atoms with Gasteiger partial charge in [-0.1, -0.05) is 29.8 Å². The maximum absolute atomic E-state index is 12.6. The van der Waals surface area contributed by atoms with E-state index in [0.29, 0.717) is 22.4 Å². The number of fused-ring (bicyclic) bond motifs is 1. The number of para-hydroxylation sites is 1. The van der Waals surface area contributed by atoms with E-state index in [-0.39, 0.29) is 10.8 Å². The Balaban J connectivity index is 1.45. The zero-order valence-corrected chi connectivity index (χ0v) is 22.1. The lowest BCUT2D eigenvalue weighted by molar-refractivity contribution is -0.136. The molecule has 0 unspecified atom stereocenters. The van der Waals surface area contributed by atoms with E-state index in [2.05, 4.69) is 15.8 Å². The Morgan fingerprint density at radius 1 is 0.921 bits per heavy atom. The van der Waals surface area contributed by atoms with Crippen LogP contribution in [0.25, 0.3) is 0 Å². The minimum absolute atomic E-state index is 0.255. The van der Waals surface area contributed by atoms with Crippen molar-refractivity contribution in [3.05, 3.63) is 81.2 Å². The van der Waals surface area contributed by atoms with Crippen LogP contribution >= 0.6 is 11.3 Å². The molecule has 196 valence electrons. The molecule has 0 fully saturated rings. The largest absolute Gasteiger partial charge is 0.465 e. The number of anilines is 1. The molecular weight excluding hydrogens is 506 g/mol. The number of hydrazone groups is 1. The normalized spacial score (nSPS) is 12.8. The number of carbonyl (C=O) groups is 4. The van der Waals surface area contributed by atoms with Gasteiger partial charge in [-0.25, -0.2) is 15.0 Å². The van der Waals surface area contributed by atoms with Crippen LogP contribution in [0.3, 0.4) is 0 Å². The summed E-state index contributed by atoms with van der Waals surface area (Å²) in [6.07, 6.45) is 3.47.